The Morgan fingerprint density at radius 2 is 2.10 bits per heavy atom. The van der Waals surface area contributed by atoms with E-state index >= 15 is 0 Å². The predicted molar refractivity (Wildman–Crippen MR) is 88.6 cm³/mol. The van der Waals surface area contributed by atoms with Crippen molar-refractivity contribution in [1.29, 1.82) is 0 Å². The van der Waals surface area contributed by atoms with Crippen LogP contribution in [-0.4, -0.2) is 72.9 Å². The van der Waals surface area contributed by atoms with E-state index in [1.165, 1.54) is 51.9 Å². The molecule has 0 aromatic carbocycles. The Balaban J connectivity index is 1.84. The maximum absolute atomic E-state index is 9.89. The Labute approximate surface area is 130 Å². The predicted octanol–water partition coefficient (Wildman–Crippen LogP) is 1.54. The van der Waals surface area contributed by atoms with Crippen LogP contribution in [0.3, 0.4) is 0 Å². The highest BCUT2D eigenvalue weighted by atomic mass is 16.3. The lowest BCUT2D eigenvalue weighted by Crippen LogP contribution is -2.54. The minimum absolute atomic E-state index is 0.00544. The molecule has 0 bridgehead atoms. The van der Waals surface area contributed by atoms with E-state index in [9.17, 15) is 5.11 Å². The number of hydrogen-bond acceptors (Lipinski definition) is 4. The summed E-state index contributed by atoms with van der Waals surface area (Å²) in [7, 11) is 2.25. The fourth-order valence-electron chi connectivity index (χ4n) is 4.41. The number of nitrogens with one attached hydrogen (secondary N) is 1. The van der Waals surface area contributed by atoms with E-state index in [0.717, 1.165) is 19.0 Å². The summed E-state index contributed by atoms with van der Waals surface area (Å²) in [4.78, 5) is 5.14. The van der Waals surface area contributed by atoms with Crippen LogP contribution < -0.4 is 5.32 Å². The third kappa shape index (κ3) is 3.98. The van der Waals surface area contributed by atoms with Crippen LogP contribution in [0, 0.1) is 5.92 Å². The third-order valence-corrected chi connectivity index (χ3v) is 5.89. The molecule has 3 unspecified atom stereocenters. The summed E-state index contributed by atoms with van der Waals surface area (Å²) < 4.78 is 0. The average molecular weight is 297 g/mol. The van der Waals surface area contributed by atoms with Crippen LogP contribution in [0.15, 0.2) is 0 Å². The Hall–Kier alpha value is -0.160. The van der Waals surface area contributed by atoms with E-state index in [4.69, 9.17) is 0 Å². The van der Waals surface area contributed by atoms with E-state index in [1.807, 2.05) is 0 Å². The molecule has 2 rings (SSSR count). The first kappa shape index (κ1) is 17.2. The molecule has 1 aliphatic carbocycles. The second kappa shape index (κ2) is 7.91. The van der Waals surface area contributed by atoms with Gasteiger partial charge in [0.2, 0.25) is 0 Å². The van der Waals surface area contributed by atoms with Crippen molar-refractivity contribution in [3.05, 3.63) is 0 Å². The summed E-state index contributed by atoms with van der Waals surface area (Å²) in [6.45, 7) is 10.5. The van der Waals surface area contributed by atoms with Crippen LogP contribution in [0.1, 0.15) is 46.0 Å². The van der Waals surface area contributed by atoms with Crippen LogP contribution in [0.4, 0.5) is 0 Å². The molecule has 1 aliphatic heterocycles. The summed E-state index contributed by atoms with van der Waals surface area (Å²) in [6.07, 6.45) is 6.15. The van der Waals surface area contributed by atoms with Gasteiger partial charge < -0.3 is 20.2 Å². The summed E-state index contributed by atoms with van der Waals surface area (Å²) in [6, 6.07) is 0.721. The normalized spacial score (nSPS) is 35.4. The van der Waals surface area contributed by atoms with Crippen molar-refractivity contribution < 1.29 is 5.11 Å². The standard InChI is InChI=1S/C17H35N3O/c1-4-16-13-20(12-11-19(16)3)10-8-15-7-6-9-17(15,14-21)18-5-2/h15-16,18,21H,4-14H2,1-3H3. The molecule has 0 aromatic rings. The monoisotopic (exact) mass is 297 g/mol. The van der Waals surface area contributed by atoms with Gasteiger partial charge in [-0.15, -0.1) is 0 Å². The van der Waals surface area contributed by atoms with Gasteiger partial charge in [0, 0.05) is 31.2 Å². The number of nitrogens with zero attached hydrogens (tertiary/aromatic N) is 2. The minimum atomic E-state index is 0.00544. The number of likely N-dealkylation sites (N-methyl/N-ethyl adjacent to an activating group) is 2. The average Bonchev–Trinajstić information content (AvgIpc) is 2.90. The molecule has 2 N–H and O–H groups in total. The summed E-state index contributed by atoms with van der Waals surface area (Å²) in [5.41, 5.74) is 0.00544. The van der Waals surface area contributed by atoms with Gasteiger partial charge in [-0.05, 0) is 51.7 Å². The largest absolute Gasteiger partial charge is 0.394 e. The van der Waals surface area contributed by atoms with Gasteiger partial charge >= 0.3 is 0 Å². The zero-order valence-electron chi connectivity index (χ0n) is 14.3. The number of aliphatic hydroxyl groups excluding tert-OH is 1. The first-order valence-corrected chi connectivity index (χ1v) is 8.93. The fraction of sp³-hybridized carbons (Fsp3) is 1.00. The molecule has 124 valence electrons. The lowest BCUT2D eigenvalue weighted by atomic mass is 9.85. The molecular formula is C17H35N3O. The molecule has 1 saturated carbocycles. The van der Waals surface area contributed by atoms with Crippen LogP contribution in [0.25, 0.3) is 0 Å². The first-order chi connectivity index (χ1) is 10.1. The van der Waals surface area contributed by atoms with Gasteiger partial charge in [-0.2, -0.15) is 0 Å². The van der Waals surface area contributed by atoms with Crippen molar-refractivity contribution >= 4 is 0 Å². The second-order valence-electron chi connectivity index (χ2n) is 7.07. The topological polar surface area (TPSA) is 38.7 Å². The molecule has 2 fully saturated rings. The summed E-state index contributed by atoms with van der Waals surface area (Å²) in [5, 5.41) is 13.5. The number of hydrogen-bond donors (Lipinski definition) is 2. The lowest BCUT2D eigenvalue weighted by molar-refractivity contribution is 0.0751. The van der Waals surface area contributed by atoms with E-state index in [0.29, 0.717) is 12.5 Å². The Kier molecular flexibility index (Phi) is 6.48. The Morgan fingerprint density at radius 1 is 1.29 bits per heavy atom. The first-order valence-electron chi connectivity index (χ1n) is 8.93. The van der Waals surface area contributed by atoms with Gasteiger partial charge in [-0.25, -0.2) is 0 Å². The Bertz CT molecular complexity index is 312. The molecule has 0 radical (unpaired) electrons. The zero-order chi connectivity index (χ0) is 15.3. The van der Waals surface area contributed by atoms with Crippen molar-refractivity contribution in [2.24, 2.45) is 5.92 Å². The summed E-state index contributed by atoms with van der Waals surface area (Å²) in [5.74, 6) is 0.641. The highest BCUT2D eigenvalue weighted by Gasteiger charge is 2.41. The highest BCUT2D eigenvalue weighted by Crippen LogP contribution is 2.37. The molecule has 0 spiro atoms. The number of rotatable bonds is 7. The smallest absolute Gasteiger partial charge is 0.0616 e. The van der Waals surface area contributed by atoms with Crippen molar-refractivity contribution in [1.82, 2.24) is 15.1 Å². The van der Waals surface area contributed by atoms with E-state index in [-0.39, 0.29) is 5.54 Å². The molecule has 0 amide bonds. The zero-order valence-corrected chi connectivity index (χ0v) is 14.3. The quantitative estimate of drug-likeness (QED) is 0.748. The highest BCUT2D eigenvalue weighted by molar-refractivity contribution is 4.99. The van der Waals surface area contributed by atoms with Crippen LogP contribution >= 0.6 is 0 Å². The van der Waals surface area contributed by atoms with Gasteiger partial charge in [0.1, 0.15) is 0 Å². The summed E-state index contributed by atoms with van der Waals surface area (Å²) >= 11 is 0. The van der Waals surface area contributed by atoms with Crippen molar-refractivity contribution in [2.75, 3.05) is 46.4 Å². The van der Waals surface area contributed by atoms with E-state index < -0.39 is 0 Å². The van der Waals surface area contributed by atoms with Crippen LogP contribution in [-0.2, 0) is 0 Å². The van der Waals surface area contributed by atoms with Crippen molar-refractivity contribution in [3.63, 3.8) is 0 Å². The molecule has 1 heterocycles. The van der Waals surface area contributed by atoms with Crippen molar-refractivity contribution in [2.45, 2.75) is 57.5 Å². The molecule has 21 heavy (non-hydrogen) atoms. The molecule has 4 heteroatoms. The fourth-order valence-corrected chi connectivity index (χ4v) is 4.41. The SMILES string of the molecule is CCNC1(CO)CCCC1CCN1CCN(C)C(CC)C1. The molecule has 3 atom stereocenters. The lowest BCUT2D eigenvalue weighted by Gasteiger charge is -2.41. The van der Waals surface area contributed by atoms with Gasteiger partial charge in [-0.3, -0.25) is 0 Å². The molecular weight excluding hydrogens is 262 g/mol. The maximum atomic E-state index is 9.89. The van der Waals surface area contributed by atoms with E-state index in [2.05, 4.69) is 36.0 Å². The molecule has 1 saturated heterocycles. The van der Waals surface area contributed by atoms with Gasteiger partial charge in [0.25, 0.3) is 0 Å². The minimum Gasteiger partial charge on any atom is -0.394 e. The Morgan fingerprint density at radius 3 is 2.76 bits per heavy atom. The van der Waals surface area contributed by atoms with Crippen LogP contribution in [0.2, 0.25) is 0 Å². The van der Waals surface area contributed by atoms with E-state index in [1.54, 1.807) is 0 Å². The number of piperazine rings is 1. The van der Waals surface area contributed by atoms with Gasteiger partial charge in [-0.1, -0.05) is 20.3 Å². The van der Waals surface area contributed by atoms with Gasteiger partial charge in [0.05, 0.1) is 6.61 Å². The van der Waals surface area contributed by atoms with Gasteiger partial charge in [0.15, 0.2) is 0 Å². The van der Waals surface area contributed by atoms with Crippen LogP contribution in [0.5, 0.6) is 0 Å². The molecule has 0 aromatic heterocycles. The second-order valence-corrected chi connectivity index (χ2v) is 7.07. The third-order valence-electron chi connectivity index (χ3n) is 5.89. The maximum Gasteiger partial charge on any atom is 0.0616 e. The van der Waals surface area contributed by atoms with Crippen molar-refractivity contribution in [3.8, 4) is 0 Å². The number of aliphatic hydroxyl groups is 1. The molecule has 4 nitrogen and oxygen atoms in total. The molecule has 2 aliphatic rings.